The number of nitrogens with one attached hydrogen (secondary N) is 1. The lowest BCUT2D eigenvalue weighted by atomic mass is 10.0. The number of morpholine rings is 1. The van der Waals surface area contributed by atoms with Crippen molar-refractivity contribution in [1.29, 1.82) is 0 Å². The van der Waals surface area contributed by atoms with E-state index >= 15 is 0 Å². The Kier molecular flexibility index (Phi) is 6.46. The Hall–Kier alpha value is -3.61. The molecule has 3 heterocycles. The van der Waals surface area contributed by atoms with Gasteiger partial charge in [-0.25, -0.2) is 14.4 Å². The predicted molar refractivity (Wildman–Crippen MR) is 112 cm³/mol. The van der Waals surface area contributed by atoms with Crippen molar-refractivity contribution in [1.82, 2.24) is 29.9 Å². The predicted octanol–water partition coefficient (Wildman–Crippen LogP) is 2.95. The second kappa shape index (κ2) is 9.33. The zero-order valence-electron chi connectivity index (χ0n) is 18.2. The normalized spacial score (nSPS) is 20.9. The van der Waals surface area contributed by atoms with Crippen molar-refractivity contribution in [2.45, 2.75) is 38.3 Å². The van der Waals surface area contributed by atoms with Crippen LogP contribution in [-0.4, -0.2) is 67.1 Å². The third-order valence-electron chi connectivity index (χ3n) is 5.38. The zero-order chi connectivity index (χ0) is 24.5. The van der Waals surface area contributed by atoms with E-state index < -0.39 is 35.6 Å². The van der Waals surface area contributed by atoms with Crippen LogP contribution in [0, 0.1) is 5.82 Å². The van der Waals surface area contributed by atoms with Gasteiger partial charge in [-0.3, -0.25) is 4.79 Å². The van der Waals surface area contributed by atoms with Crippen molar-refractivity contribution >= 4 is 11.9 Å². The van der Waals surface area contributed by atoms with Crippen molar-refractivity contribution in [3.05, 3.63) is 59.9 Å². The molecule has 0 saturated carbocycles. The molecule has 3 aromatic rings. The third-order valence-corrected chi connectivity index (χ3v) is 5.38. The molecule has 1 fully saturated rings. The molecule has 1 aliphatic heterocycles. The number of carbonyl (C=O) groups is 1. The quantitative estimate of drug-likeness (QED) is 0.562. The highest BCUT2D eigenvalue weighted by Gasteiger charge is 2.37. The van der Waals surface area contributed by atoms with E-state index in [1.165, 1.54) is 34.2 Å². The summed E-state index contributed by atoms with van der Waals surface area (Å²) < 4.78 is 58.2. The average molecular weight is 479 g/mol. The van der Waals surface area contributed by atoms with Gasteiger partial charge in [0.05, 0.1) is 47.5 Å². The van der Waals surface area contributed by atoms with Crippen LogP contribution in [0.25, 0.3) is 5.69 Å². The number of nitrogens with zero attached hydrogens (tertiary/aromatic N) is 6. The molecular weight excluding hydrogens is 458 g/mol. The van der Waals surface area contributed by atoms with E-state index in [0.29, 0.717) is 18.1 Å². The van der Waals surface area contributed by atoms with Gasteiger partial charge in [0.25, 0.3) is 5.91 Å². The van der Waals surface area contributed by atoms with E-state index in [1.807, 2.05) is 0 Å². The average Bonchev–Trinajstić information content (AvgIpc) is 3.32. The maximum Gasteiger partial charge on any atom is 0.419 e. The minimum Gasteiger partial charge on any atom is -0.372 e. The first kappa shape index (κ1) is 23.5. The Bertz CT molecular complexity index is 1140. The van der Waals surface area contributed by atoms with E-state index in [9.17, 15) is 22.4 Å². The lowest BCUT2D eigenvalue weighted by Gasteiger charge is -2.43. The van der Waals surface area contributed by atoms with Crippen LogP contribution in [0.2, 0.25) is 0 Å². The number of benzene rings is 1. The van der Waals surface area contributed by atoms with Crippen LogP contribution in [0.4, 0.5) is 23.5 Å². The van der Waals surface area contributed by atoms with Crippen molar-refractivity contribution in [3.63, 3.8) is 0 Å². The van der Waals surface area contributed by atoms with Gasteiger partial charge in [-0.05, 0) is 32.0 Å². The van der Waals surface area contributed by atoms with E-state index in [1.54, 1.807) is 13.8 Å². The van der Waals surface area contributed by atoms with Crippen LogP contribution in [0.15, 0.2) is 43.0 Å². The Morgan fingerprint density at radius 2 is 1.85 bits per heavy atom. The van der Waals surface area contributed by atoms with Gasteiger partial charge in [-0.15, -0.1) is 0 Å². The molecule has 180 valence electrons. The van der Waals surface area contributed by atoms with E-state index in [0.717, 1.165) is 6.07 Å². The van der Waals surface area contributed by atoms with Crippen molar-refractivity contribution in [2.75, 3.05) is 18.4 Å². The standard InChI is InChI=1S/C21H21F4N7O2/c1-12-11-31(19(33)16-7-15(22)3-4-17(16)32-29-5-6-30-32)18(13(2)34-12)10-28-20-26-8-14(9-27-20)21(23,24)25/h3-9,12-13,18H,10-11H2,1-2H3,(H,26,27,28)/t12-,13+,18-/m1/s1. The highest BCUT2D eigenvalue weighted by atomic mass is 19.4. The van der Waals surface area contributed by atoms with Gasteiger partial charge in [-0.1, -0.05) is 0 Å². The van der Waals surface area contributed by atoms with Gasteiger partial charge >= 0.3 is 6.18 Å². The molecule has 2 aromatic heterocycles. The monoisotopic (exact) mass is 479 g/mol. The van der Waals surface area contributed by atoms with Gasteiger partial charge in [0, 0.05) is 25.5 Å². The topological polar surface area (TPSA) is 98.1 Å². The molecule has 1 N–H and O–H groups in total. The Morgan fingerprint density at radius 1 is 1.18 bits per heavy atom. The fraction of sp³-hybridized carbons (Fsp3) is 0.381. The van der Waals surface area contributed by atoms with Crippen LogP contribution >= 0.6 is 0 Å². The molecule has 34 heavy (non-hydrogen) atoms. The summed E-state index contributed by atoms with van der Waals surface area (Å²) in [5, 5.41) is 10.9. The fourth-order valence-corrected chi connectivity index (χ4v) is 3.79. The van der Waals surface area contributed by atoms with Crippen LogP contribution in [0.3, 0.4) is 0 Å². The van der Waals surface area contributed by atoms with E-state index in [4.69, 9.17) is 4.74 Å². The number of anilines is 1. The number of aromatic nitrogens is 5. The van der Waals surface area contributed by atoms with E-state index in [-0.39, 0.29) is 30.7 Å². The van der Waals surface area contributed by atoms with Crippen molar-refractivity contribution in [3.8, 4) is 5.69 Å². The number of hydrogen-bond acceptors (Lipinski definition) is 7. The van der Waals surface area contributed by atoms with Gasteiger partial charge < -0.3 is 15.0 Å². The van der Waals surface area contributed by atoms with E-state index in [2.05, 4.69) is 25.5 Å². The molecule has 0 radical (unpaired) electrons. The molecule has 0 bridgehead atoms. The third kappa shape index (κ3) is 4.98. The maximum absolute atomic E-state index is 14.1. The number of carbonyl (C=O) groups excluding carboxylic acids is 1. The SMILES string of the molecule is C[C@@H]1CN(C(=O)c2cc(F)ccc2-n2nccn2)[C@H](CNc2ncc(C(F)(F)F)cn2)[C@H](C)O1. The number of halogens is 4. The Morgan fingerprint density at radius 3 is 2.50 bits per heavy atom. The second-order valence-corrected chi connectivity index (χ2v) is 7.83. The van der Waals surface area contributed by atoms with Crippen LogP contribution < -0.4 is 5.32 Å². The van der Waals surface area contributed by atoms with Crippen LogP contribution in [0.5, 0.6) is 0 Å². The first-order chi connectivity index (χ1) is 16.1. The maximum atomic E-state index is 14.1. The van der Waals surface area contributed by atoms with Gasteiger partial charge in [0.15, 0.2) is 0 Å². The summed E-state index contributed by atoms with van der Waals surface area (Å²) in [5.74, 6) is -1.09. The number of hydrogen-bond donors (Lipinski definition) is 1. The first-order valence-corrected chi connectivity index (χ1v) is 10.4. The van der Waals surface area contributed by atoms with Gasteiger partial charge in [-0.2, -0.15) is 28.2 Å². The largest absolute Gasteiger partial charge is 0.419 e. The summed E-state index contributed by atoms with van der Waals surface area (Å²) >= 11 is 0. The second-order valence-electron chi connectivity index (χ2n) is 7.83. The minimum atomic E-state index is -4.55. The molecule has 0 aliphatic carbocycles. The summed E-state index contributed by atoms with van der Waals surface area (Å²) in [5.41, 5.74) is -0.599. The van der Waals surface area contributed by atoms with Crippen molar-refractivity contribution in [2.24, 2.45) is 0 Å². The van der Waals surface area contributed by atoms with Gasteiger partial charge in [0.1, 0.15) is 5.82 Å². The molecule has 0 spiro atoms. The molecule has 1 aliphatic rings. The highest BCUT2D eigenvalue weighted by molar-refractivity contribution is 5.98. The lowest BCUT2D eigenvalue weighted by molar-refractivity contribution is -0.138. The Balaban J connectivity index is 1.58. The molecule has 13 heteroatoms. The molecule has 1 amide bonds. The first-order valence-electron chi connectivity index (χ1n) is 10.4. The van der Waals surface area contributed by atoms with Gasteiger partial charge in [0.2, 0.25) is 5.95 Å². The minimum absolute atomic E-state index is 0.0293. The molecule has 0 unspecified atom stereocenters. The molecule has 9 nitrogen and oxygen atoms in total. The molecular formula is C21H21F4N7O2. The fourth-order valence-electron chi connectivity index (χ4n) is 3.79. The molecule has 1 aromatic carbocycles. The molecule has 1 saturated heterocycles. The number of alkyl halides is 3. The van der Waals surface area contributed by atoms with Crippen LogP contribution in [-0.2, 0) is 10.9 Å². The smallest absolute Gasteiger partial charge is 0.372 e. The van der Waals surface area contributed by atoms with Crippen molar-refractivity contribution < 1.29 is 27.1 Å². The highest BCUT2D eigenvalue weighted by Crippen LogP contribution is 2.28. The molecule has 4 rings (SSSR count). The summed E-state index contributed by atoms with van der Waals surface area (Å²) in [6, 6.07) is 3.20. The summed E-state index contributed by atoms with van der Waals surface area (Å²) in [4.78, 5) is 23.8. The summed E-state index contributed by atoms with van der Waals surface area (Å²) in [6.07, 6.45) is -1.04. The van der Waals surface area contributed by atoms with Crippen LogP contribution in [0.1, 0.15) is 29.8 Å². The number of amides is 1. The number of ether oxygens (including phenoxy) is 1. The summed E-state index contributed by atoms with van der Waals surface area (Å²) in [7, 11) is 0. The Labute approximate surface area is 191 Å². The summed E-state index contributed by atoms with van der Waals surface area (Å²) in [6.45, 7) is 3.89. The zero-order valence-corrected chi connectivity index (χ0v) is 18.2. The molecule has 3 atom stereocenters. The number of rotatable bonds is 5. The lowest BCUT2D eigenvalue weighted by Crippen LogP contribution is -2.58.